The molecule has 1 aromatic rings. The minimum atomic E-state index is -3.41. The van der Waals surface area contributed by atoms with Crippen molar-refractivity contribution in [2.24, 2.45) is 0 Å². The number of sulfone groups is 1. The van der Waals surface area contributed by atoms with Crippen molar-refractivity contribution < 1.29 is 22.7 Å². The number of hydrogen-bond donors (Lipinski definition) is 1. The quantitative estimate of drug-likeness (QED) is 0.905. The molecule has 0 fully saturated rings. The van der Waals surface area contributed by atoms with E-state index in [1.807, 2.05) is 12.1 Å². The minimum absolute atomic E-state index is 0.325. The molecule has 0 aliphatic carbocycles. The molecule has 0 bridgehead atoms. The molecule has 22 heavy (non-hydrogen) atoms. The van der Waals surface area contributed by atoms with E-state index in [2.05, 4.69) is 5.32 Å². The van der Waals surface area contributed by atoms with Gasteiger partial charge in [-0.1, -0.05) is 6.07 Å². The van der Waals surface area contributed by atoms with Gasteiger partial charge in [0.1, 0.15) is 5.25 Å². The van der Waals surface area contributed by atoms with Gasteiger partial charge in [-0.05, 0) is 31.5 Å². The van der Waals surface area contributed by atoms with Crippen LogP contribution in [0.25, 0.3) is 0 Å². The summed E-state index contributed by atoms with van der Waals surface area (Å²) in [6, 6.07) is 5.13. The van der Waals surface area contributed by atoms with E-state index in [4.69, 9.17) is 9.47 Å². The van der Waals surface area contributed by atoms with E-state index in [0.717, 1.165) is 18.2 Å². The number of rotatable bonds is 4. The van der Waals surface area contributed by atoms with Gasteiger partial charge in [-0.2, -0.15) is 0 Å². The van der Waals surface area contributed by atoms with Crippen molar-refractivity contribution in [3.63, 3.8) is 0 Å². The third-order valence-corrected chi connectivity index (χ3v) is 5.14. The fourth-order valence-corrected chi connectivity index (χ4v) is 2.51. The van der Waals surface area contributed by atoms with Crippen LogP contribution in [-0.2, 0) is 14.6 Å². The summed E-state index contributed by atoms with van der Waals surface area (Å²) in [6.45, 7) is 4.38. The monoisotopic (exact) mass is 327 g/mol. The Kier molecular flexibility index (Phi) is 4.95. The summed E-state index contributed by atoms with van der Waals surface area (Å²) in [5.41, 5.74) is 0.832. The van der Waals surface area contributed by atoms with Crippen LogP contribution < -0.4 is 14.8 Å². The zero-order chi connectivity index (χ0) is 16.3. The van der Waals surface area contributed by atoms with Gasteiger partial charge in [0.2, 0.25) is 5.91 Å². The molecule has 7 heteroatoms. The molecule has 0 spiro atoms. The van der Waals surface area contributed by atoms with Gasteiger partial charge in [0.25, 0.3) is 0 Å². The fourth-order valence-electron chi connectivity index (χ4n) is 2.06. The third-order valence-electron chi connectivity index (χ3n) is 3.64. The van der Waals surface area contributed by atoms with Gasteiger partial charge in [-0.15, -0.1) is 0 Å². The maximum Gasteiger partial charge on any atom is 0.238 e. The SMILES string of the molecule is C[C@H](NC(=O)[C@H](C)S(C)(=O)=O)c1ccc2c(c1)OCCCO2. The van der Waals surface area contributed by atoms with Crippen LogP contribution in [0.3, 0.4) is 0 Å². The second-order valence-corrected chi connectivity index (χ2v) is 7.82. The summed E-state index contributed by atoms with van der Waals surface area (Å²) >= 11 is 0. The number of ether oxygens (including phenoxy) is 2. The van der Waals surface area contributed by atoms with E-state index < -0.39 is 21.0 Å². The van der Waals surface area contributed by atoms with Gasteiger partial charge in [0.05, 0.1) is 19.3 Å². The van der Waals surface area contributed by atoms with Crippen molar-refractivity contribution in [1.82, 2.24) is 5.32 Å². The highest BCUT2D eigenvalue weighted by atomic mass is 32.2. The Morgan fingerprint density at radius 3 is 2.45 bits per heavy atom. The molecule has 6 nitrogen and oxygen atoms in total. The lowest BCUT2D eigenvalue weighted by atomic mass is 10.1. The molecule has 2 atom stereocenters. The molecular weight excluding hydrogens is 306 g/mol. The van der Waals surface area contributed by atoms with Crippen LogP contribution in [0.1, 0.15) is 31.9 Å². The van der Waals surface area contributed by atoms with Gasteiger partial charge in [-0.3, -0.25) is 4.79 Å². The number of benzene rings is 1. The Bertz CT molecular complexity index is 656. The zero-order valence-corrected chi connectivity index (χ0v) is 13.8. The number of fused-ring (bicyclic) bond motifs is 1. The van der Waals surface area contributed by atoms with Crippen LogP contribution in [0.4, 0.5) is 0 Å². The average Bonchev–Trinajstić information content (AvgIpc) is 2.69. The van der Waals surface area contributed by atoms with Crippen molar-refractivity contribution in [3.8, 4) is 11.5 Å². The summed E-state index contributed by atoms with van der Waals surface area (Å²) in [5, 5.41) is 1.64. The summed E-state index contributed by atoms with van der Waals surface area (Å²) in [7, 11) is -3.41. The van der Waals surface area contributed by atoms with Gasteiger partial charge < -0.3 is 14.8 Å². The van der Waals surface area contributed by atoms with E-state index in [9.17, 15) is 13.2 Å². The lowest BCUT2D eigenvalue weighted by Crippen LogP contribution is -2.38. The molecule has 1 aliphatic heterocycles. The van der Waals surface area contributed by atoms with Crippen LogP contribution in [0, 0.1) is 0 Å². The summed E-state index contributed by atoms with van der Waals surface area (Å²) in [4.78, 5) is 12.0. The van der Waals surface area contributed by atoms with E-state index in [1.165, 1.54) is 6.92 Å². The van der Waals surface area contributed by atoms with Crippen LogP contribution in [-0.4, -0.2) is 39.0 Å². The van der Waals surface area contributed by atoms with Crippen LogP contribution in [0.2, 0.25) is 0 Å². The molecule has 2 rings (SSSR count). The average molecular weight is 327 g/mol. The standard InChI is InChI=1S/C15H21NO5S/c1-10(16-15(17)11(2)22(3,18)19)12-5-6-13-14(9-12)21-8-4-7-20-13/h5-6,9-11H,4,7-8H2,1-3H3,(H,16,17)/t10-,11-/m0/s1. The normalized spacial score (nSPS) is 17.2. The predicted octanol–water partition coefficient (Wildman–Crippen LogP) is 1.46. The maximum atomic E-state index is 12.0. The Hall–Kier alpha value is -1.76. The topological polar surface area (TPSA) is 81.7 Å². The number of nitrogens with one attached hydrogen (secondary N) is 1. The zero-order valence-electron chi connectivity index (χ0n) is 13.0. The largest absolute Gasteiger partial charge is 0.490 e. The first-order chi connectivity index (χ1) is 10.3. The Morgan fingerprint density at radius 2 is 1.82 bits per heavy atom. The Balaban J connectivity index is 2.11. The van der Waals surface area contributed by atoms with E-state index in [0.29, 0.717) is 24.7 Å². The van der Waals surface area contributed by atoms with Crippen LogP contribution >= 0.6 is 0 Å². The van der Waals surface area contributed by atoms with Gasteiger partial charge >= 0.3 is 0 Å². The first-order valence-electron chi connectivity index (χ1n) is 7.18. The van der Waals surface area contributed by atoms with Crippen LogP contribution in [0.5, 0.6) is 11.5 Å². The minimum Gasteiger partial charge on any atom is -0.490 e. The van der Waals surface area contributed by atoms with Crippen molar-refractivity contribution in [1.29, 1.82) is 0 Å². The molecule has 0 saturated carbocycles. The summed E-state index contributed by atoms with van der Waals surface area (Å²) in [6.07, 6.45) is 1.87. The second-order valence-electron chi connectivity index (χ2n) is 5.46. The van der Waals surface area contributed by atoms with Crippen molar-refractivity contribution >= 4 is 15.7 Å². The molecule has 1 N–H and O–H groups in total. The van der Waals surface area contributed by atoms with Gasteiger partial charge in [-0.25, -0.2) is 8.42 Å². The van der Waals surface area contributed by atoms with E-state index in [1.54, 1.807) is 13.0 Å². The Labute approximate surface area is 130 Å². The summed E-state index contributed by atoms with van der Waals surface area (Å²) in [5.74, 6) is 0.818. The molecule has 1 aromatic carbocycles. The third kappa shape index (κ3) is 3.91. The molecule has 0 saturated heterocycles. The molecule has 1 aliphatic rings. The van der Waals surface area contributed by atoms with E-state index in [-0.39, 0.29) is 6.04 Å². The molecule has 122 valence electrons. The van der Waals surface area contributed by atoms with Crippen molar-refractivity contribution in [2.45, 2.75) is 31.6 Å². The summed E-state index contributed by atoms with van der Waals surface area (Å²) < 4.78 is 34.0. The van der Waals surface area contributed by atoms with Crippen molar-refractivity contribution in [2.75, 3.05) is 19.5 Å². The fraction of sp³-hybridized carbons (Fsp3) is 0.533. The molecular formula is C15H21NO5S. The molecule has 0 radical (unpaired) electrons. The first-order valence-corrected chi connectivity index (χ1v) is 9.13. The van der Waals surface area contributed by atoms with E-state index >= 15 is 0 Å². The van der Waals surface area contributed by atoms with Crippen molar-refractivity contribution in [3.05, 3.63) is 23.8 Å². The van der Waals surface area contributed by atoms with Gasteiger partial charge in [0.15, 0.2) is 21.3 Å². The lowest BCUT2D eigenvalue weighted by molar-refractivity contribution is -0.121. The smallest absolute Gasteiger partial charge is 0.238 e. The molecule has 1 heterocycles. The lowest BCUT2D eigenvalue weighted by Gasteiger charge is -2.18. The second kappa shape index (κ2) is 6.56. The van der Waals surface area contributed by atoms with Crippen LogP contribution in [0.15, 0.2) is 18.2 Å². The number of amides is 1. The molecule has 0 aromatic heterocycles. The maximum absolute atomic E-state index is 12.0. The number of carbonyl (C=O) groups is 1. The Morgan fingerprint density at radius 1 is 1.18 bits per heavy atom. The molecule has 1 amide bonds. The highest BCUT2D eigenvalue weighted by Gasteiger charge is 2.25. The first kappa shape index (κ1) is 16.6. The molecule has 0 unspecified atom stereocenters. The number of hydrogen-bond acceptors (Lipinski definition) is 5. The number of carbonyl (C=O) groups excluding carboxylic acids is 1. The van der Waals surface area contributed by atoms with Gasteiger partial charge in [0, 0.05) is 12.7 Å². The highest BCUT2D eigenvalue weighted by Crippen LogP contribution is 2.32. The predicted molar refractivity (Wildman–Crippen MR) is 82.9 cm³/mol. The highest BCUT2D eigenvalue weighted by molar-refractivity contribution is 7.92.